The summed E-state index contributed by atoms with van der Waals surface area (Å²) in [5.41, 5.74) is 2.29. The molecule has 1 aromatic carbocycles. The van der Waals surface area contributed by atoms with Gasteiger partial charge in [-0.1, -0.05) is 0 Å². The Bertz CT molecular complexity index is 981. The van der Waals surface area contributed by atoms with Crippen molar-refractivity contribution in [1.82, 2.24) is 20.1 Å². The van der Waals surface area contributed by atoms with Crippen LogP contribution in [-0.2, 0) is 11.3 Å². The number of hydrogen-bond donors (Lipinski definition) is 1. The largest absolute Gasteiger partial charge is 0.444 e. The van der Waals surface area contributed by atoms with Crippen molar-refractivity contribution in [2.75, 3.05) is 0 Å². The number of carbonyl (C=O) groups excluding carboxylic acids is 1. The summed E-state index contributed by atoms with van der Waals surface area (Å²) in [6.45, 7) is 5.52. The van der Waals surface area contributed by atoms with E-state index in [1.165, 1.54) is 12.1 Å². The van der Waals surface area contributed by atoms with Crippen LogP contribution in [0.4, 0.5) is 9.18 Å². The van der Waals surface area contributed by atoms with Gasteiger partial charge in [-0.25, -0.2) is 18.9 Å². The third kappa shape index (κ3) is 5.51. The average Bonchev–Trinajstić information content (AvgIpc) is 3.09. The highest BCUT2D eigenvalue weighted by atomic mass is 127. The molecule has 146 valence electrons. The maximum Gasteiger partial charge on any atom is 0.407 e. The van der Waals surface area contributed by atoms with E-state index in [0.717, 1.165) is 15.0 Å². The molecule has 0 saturated heterocycles. The second kappa shape index (κ2) is 8.26. The molecule has 0 bridgehead atoms. The second-order valence-electron chi connectivity index (χ2n) is 7.22. The normalized spacial score (nSPS) is 11.3. The highest BCUT2D eigenvalue weighted by molar-refractivity contribution is 14.1. The summed E-state index contributed by atoms with van der Waals surface area (Å²) in [5, 5.41) is 6.97. The molecule has 0 aliphatic rings. The number of ether oxygens (including phenoxy) is 1. The lowest BCUT2D eigenvalue weighted by Gasteiger charge is -2.19. The van der Waals surface area contributed by atoms with Crippen LogP contribution >= 0.6 is 22.6 Å². The van der Waals surface area contributed by atoms with Gasteiger partial charge in [0.2, 0.25) is 0 Å². The van der Waals surface area contributed by atoms with Gasteiger partial charge in [0.05, 0.1) is 18.1 Å². The average molecular weight is 494 g/mol. The third-order valence-electron chi connectivity index (χ3n) is 3.69. The fourth-order valence-corrected chi connectivity index (χ4v) is 2.84. The van der Waals surface area contributed by atoms with E-state index >= 15 is 0 Å². The van der Waals surface area contributed by atoms with Gasteiger partial charge < -0.3 is 10.1 Å². The van der Waals surface area contributed by atoms with Gasteiger partial charge in [0.15, 0.2) is 0 Å². The van der Waals surface area contributed by atoms with Crippen LogP contribution < -0.4 is 5.32 Å². The molecule has 0 fully saturated rings. The number of amides is 1. The molecule has 6 nitrogen and oxygen atoms in total. The first-order valence-corrected chi connectivity index (χ1v) is 9.71. The number of carbonyl (C=O) groups is 1. The number of pyridine rings is 1. The van der Waals surface area contributed by atoms with Crippen LogP contribution in [0, 0.1) is 9.52 Å². The number of nitrogens with zero attached hydrogens (tertiary/aromatic N) is 3. The number of aromatic nitrogens is 3. The Kier molecular flexibility index (Phi) is 5.97. The van der Waals surface area contributed by atoms with E-state index in [1.54, 1.807) is 37.8 Å². The third-order valence-corrected chi connectivity index (χ3v) is 4.32. The Morgan fingerprint density at radius 3 is 2.68 bits per heavy atom. The summed E-state index contributed by atoms with van der Waals surface area (Å²) in [5.74, 6) is -0.387. The Hall–Kier alpha value is -2.49. The van der Waals surface area contributed by atoms with Crippen molar-refractivity contribution >= 4 is 28.7 Å². The Morgan fingerprint density at radius 1 is 1.21 bits per heavy atom. The smallest absolute Gasteiger partial charge is 0.407 e. The SMILES string of the molecule is CC(C)(C)OC(=O)NCc1cc(F)cc(-c2cnn(-c3ccc(I)nc3)c2)c1. The zero-order valence-electron chi connectivity index (χ0n) is 15.7. The molecule has 2 aromatic heterocycles. The molecular formula is C20H20FIN4O2. The number of nitrogens with one attached hydrogen (secondary N) is 1. The predicted molar refractivity (Wildman–Crippen MR) is 113 cm³/mol. The molecule has 0 aliphatic heterocycles. The minimum absolute atomic E-state index is 0.162. The number of alkyl carbamates (subject to hydrolysis) is 1. The lowest BCUT2D eigenvalue weighted by atomic mass is 10.1. The molecule has 0 aliphatic carbocycles. The van der Waals surface area contributed by atoms with E-state index in [2.05, 4.69) is 38.0 Å². The fraction of sp³-hybridized carbons (Fsp3) is 0.250. The van der Waals surface area contributed by atoms with Crippen LogP contribution in [0.5, 0.6) is 0 Å². The van der Waals surface area contributed by atoms with Gasteiger partial charge >= 0.3 is 6.09 Å². The Labute approximate surface area is 176 Å². The molecular weight excluding hydrogens is 474 g/mol. The first-order valence-electron chi connectivity index (χ1n) is 8.63. The Morgan fingerprint density at radius 2 is 2.00 bits per heavy atom. The summed E-state index contributed by atoms with van der Waals surface area (Å²) < 4.78 is 21.9. The first-order chi connectivity index (χ1) is 13.2. The van der Waals surface area contributed by atoms with Gasteiger partial charge in [-0.05, 0) is 84.8 Å². The predicted octanol–water partition coefficient (Wildman–Crippen LogP) is 4.70. The number of rotatable bonds is 4. The first kappa shape index (κ1) is 20.2. The summed E-state index contributed by atoms with van der Waals surface area (Å²) in [4.78, 5) is 16.1. The van der Waals surface area contributed by atoms with Crippen molar-refractivity contribution < 1.29 is 13.9 Å². The molecule has 0 saturated carbocycles. The highest BCUT2D eigenvalue weighted by Crippen LogP contribution is 2.23. The molecule has 0 spiro atoms. The van der Waals surface area contributed by atoms with E-state index in [9.17, 15) is 9.18 Å². The second-order valence-corrected chi connectivity index (χ2v) is 8.32. The van der Waals surface area contributed by atoms with Crippen molar-refractivity contribution in [3.05, 3.63) is 64.0 Å². The van der Waals surface area contributed by atoms with Gasteiger partial charge in [-0.15, -0.1) is 0 Å². The van der Waals surface area contributed by atoms with Gasteiger partial charge in [0.25, 0.3) is 0 Å². The molecule has 1 amide bonds. The molecule has 3 aromatic rings. The molecule has 2 heterocycles. The van der Waals surface area contributed by atoms with Crippen molar-refractivity contribution in [3.63, 3.8) is 0 Å². The van der Waals surface area contributed by atoms with E-state index in [-0.39, 0.29) is 12.4 Å². The summed E-state index contributed by atoms with van der Waals surface area (Å²) in [6, 6.07) is 8.43. The minimum Gasteiger partial charge on any atom is -0.444 e. The summed E-state index contributed by atoms with van der Waals surface area (Å²) in [7, 11) is 0. The van der Waals surface area contributed by atoms with Crippen LogP contribution in [0.1, 0.15) is 26.3 Å². The van der Waals surface area contributed by atoms with Crippen molar-refractivity contribution in [3.8, 4) is 16.8 Å². The number of benzene rings is 1. The zero-order valence-corrected chi connectivity index (χ0v) is 17.9. The fourth-order valence-electron chi connectivity index (χ4n) is 2.52. The molecule has 0 radical (unpaired) electrons. The summed E-state index contributed by atoms with van der Waals surface area (Å²) >= 11 is 2.14. The topological polar surface area (TPSA) is 69.0 Å². The van der Waals surface area contributed by atoms with Crippen molar-refractivity contribution in [2.45, 2.75) is 32.9 Å². The molecule has 8 heteroatoms. The lowest BCUT2D eigenvalue weighted by molar-refractivity contribution is 0.0523. The molecule has 0 unspecified atom stereocenters. The maximum atomic E-state index is 14.1. The summed E-state index contributed by atoms with van der Waals surface area (Å²) in [6.07, 6.45) is 4.65. The van der Waals surface area contributed by atoms with E-state index < -0.39 is 11.7 Å². The number of halogens is 2. The van der Waals surface area contributed by atoms with Gasteiger partial charge in [0.1, 0.15) is 15.1 Å². The van der Waals surface area contributed by atoms with Crippen LogP contribution in [0.3, 0.4) is 0 Å². The zero-order chi connectivity index (χ0) is 20.3. The van der Waals surface area contributed by atoms with E-state index in [4.69, 9.17) is 4.74 Å². The standard InChI is InChI=1S/C20H20FIN4O2/c1-20(2,3)28-19(27)24-9-13-6-14(8-16(21)7-13)15-10-25-26(12-15)17-4-5-18(22)23-11-17/h4-8,10-12H,9H2,1-3H3,(H,24,27). The lowest BCUT2D eigenvalue weighted by Crippen LogP contribution is -2.32. The quantitative estimate of drug-likeness (QED) is 0.422. The van der Waals surface area contributed by atoms with Crippen LogP contribution in [0.25, 0.3) is 16.8 Å². The molecule has 3 rings (SSSR count). The minimum atomic E-state index is -0.587. The molecule has 1 N–H and O–H groups in total. The number of hydrogen-bond acceptors (Lipinski definition) is 4. The highest BCUT2D eigenvalue weighted by Gasteiger charge is 2.16. The van der Waals surface area contributed by atoms with Gasteiger partial charge in [-0.3, -0.25) is 0 Å². The molecule has 28 heavy (non-hydrogen) atoms. The van der Waals surface area contributed by atoms with Gasteiger partial charge in [0, 0.05) is 18.3 Å². The molecule has 0 atom stereocenters. The monoisotopic (exact) mass is 494 g/mol. The van der Waals surface area contributed by atoms with E-state index in [1.807, 2.05) is 24.4 Å². The van der Waals surface area contributed by atoms with Crippen LogP contribution in [0.15, 0.2) is 48.9 Å². The van der Waals surface area contributed by atoms with E-state index in [0.29, 0.717) is 11.1 Å². The van der Waals surface area contributed by atoms with Crippen LogP contribution in [0.2, 0.25) is 0 Å². The Balaban J connectivity index is 1.76. The van der Waals surface area contributed by atoms with Crippen molar-refractivity contribution in [2.24, 2.45) is 0 Å². The maximum absolute atomic E-state index is 14.1. The van der Waals surface area contributed by atoms with Crippen molar-refractivity contribution in [1.29, 1.82) is 0 Å². The van der Waals surface area contributed by atoms with Gasteiger partial charge in [-0.2, -0.15) is 5.10 Å². The van der Waals surface area contributed by atoms with Crippen LogP contribution in [-0.4, -0.2) is 26.5 Å².